The Morgan fingerprint density at radius 2 is 2.00 bits per heavy atom. The zero-order valence-corrected chi connectivity index (χ0v) is 16.5. The highest BCUT2D eigenvalue weighted by Crippen LogP contribution is 2.32. The molecule has 0 bridgehead atoms. The average molecular weight is 422 g/mol. The standard InChI is InChI=1S/C17H19N5O4S2/c23-14(9-27-17-22-21-16(28-17)19-10-2-3-10)20-15(24)18-11-4-5-12-13(8-11)26-7-1-6-25-12/h4-5,8,10H,1-3,6-7,9H2,(H,19,21)(H2,18,20,23,24). The molecular weight excluding hydrogens is 402 g/mol. The van der Waals surface area contributed by atoms with Gasteiger partial charge in [0.1, 0.15) is 0 Å². The zero-order chi connectivity index (χ0) is 19.3. The fraction of sp³-hybridized carbons (Fsp3) is 0.412. The van der Waals surface area contributed by atoms with Crippen LogP contribution >= 0.6 is 23.1 Å². The van der Waals surface area contributed by atoms with Gasteiger partial charge in [-0.25, -0.2) is 4.79 Å². The third-order valence-electron chi connectivity index (χ3n) is 3.90. The summed E-state index contributed by atoms with van der Waals surface area (Å²) in [5.74, 6) is 0.878. The van der Waals surface area contributed by atoms with Crippen molar-refractivity contribution >= 4 is 45.9 Å². The molecule has 3 amide bonds. The number of rotatable bonds is 6. The number of ether oxygens (including phenoxy) is 2. The first kappa shape index (κ1) is 18.8. The number of nitrogens with one attached hydrogen (secondary N) is 3. The van der Waals surface area contributed by atoms with Gasteiger partial charge in [-0.1, -0.05) is 23.1 Å². The topological polar surface area (TPSA) is 114 Å². The monoisotopic (exact) mass is 421 g/mol. The molecule has 11 heteroatoms. The molecule has 1 saturated carbocycles. The number of carbonyl (C=O) groups is 2. The Balaban J connectivity index is 1.23. The maximum Gasteiger partial charge on any atom is 0.325 e. The van der Waals surface area contributed by atoms with Crippen LogP contribution in [-0.2, 0) is 4.79 Å². The van der Waals surface area contributed by atoms with Crippen molar-refractivity contribution in [2.75, 3.05) is 29.6 Å². The van der Waals surface area contributed by atoms with E-state index in [1.807, 2.05) is 0 Å². The number of imide groups is 1. The van der Waals surface area contributed by atoms with E-state index in [2.05, 4.69) is 26.1 Å². The first-order valence-corrected chi connectivity index (χ1v) is 10.7. The molecule has 2 aliphatic rings. The van der Waals surface area contributed by atoms with Gasteiger partial charge in [0, 0.05) is 24.2 Å². The van der Waals surface area contributed by atoms with Crippen molar-refractivity contribution in [1.29, 1.82) is 0 Å². The van der Waals surface area contributed by atoms with Gasteiger partial charge in [-0.15, -0.1) is 10.2 Å². The Kier molecular flexibility index (Phi) is 5.81. The van der Waals surface area contributed by atoms with Gasteiger partial charge in [0.25, 0.3) is 0 Å². The number of hydrogen-bond acceptors (Lipinski definition) is 9. The normalized spacial score (nSPS) is 15.4. The van der Waals surface area contributed by atoms with E-state index in [9.17, 15) is 9.59 Å². The number of carbonyl (C=O) groups excluding carboxylic acids is 2. The van der Waals surface area contributed by atoms with E-state index in [-0.39, 0.29) is 5.75 Å². The predicted octanol–water partition coefficient (Wildman–Crippen LogP) is 2.71. The molecular formula is C17H19N5O4S2. The Morgan fingerprint density at radius 1 is 1.18 bits per heavy atom. The number of fused-ring (bicyclic) bond motifs is 1. The third kappa shape index (κ3) is 5.26. The smallest absolute Gasteiger partial charge is 0.325 e. The second-order valence-electron chi connectivity index (χ2n) is 6.29. The Morgan fingerprint density at radius 3 is 2.82 bits per heavy atom. The fourth-order valence-corrected chi connectivity index (χ4v) is 4.05. The van der Waals surface area contributed by atoms with Gasteiger partial charge in [-0.05, 0) is 25.0 Å². The molecule has 4 rings (SSSR count). The predicted molar refractivity (Wildman–Crippen MR) is 106 cm³/mol. The lowest BCUT2D eigenvalue weighted by Gasteiger charge is -2.10. The van der Waals surface area contributed by atoms with Crippen LogP contribution in [0.2, 0.25) is 0 Å². The minimum absolute atomic E-state index is 0.0760. The molecule has 9 nitrogen and oxygen atoms in total. The molecule has 1 fully saturated rings. The van der Waals surface area contributed by atoms with Gasteiger partial charge in [-0.3, -0.25) is 10.1 Å². The summed E-state index contributed by atoms with van der Waals surface area (Å²) in [5, 5.41) is 17.0. The molecule has 0 unspecified atom stereocenters. The maximum atomic E-state index is 12.0. The number of amides is 3. The van der Waals surface area contributed by atoms with Crippen LogP contribution in [0.5, 0.6) is 11.5 Å². The average Bonchev–Trinajstić information content (AvgIpc) is 3.41. The summed E-state index contributed by atoms with van der Waals surface area (Å²) in [6.07, 6.45) is 3.11. The second kappa shape index (κ2) is 8.65. The van der Waals surface area contributed by atoms with Crippen molar-refractivity contribution in [2.24, 2.45) is 0 Å². The van der Waals surface area contributed by atoms with Crippen LogP contribution in [-0.4, -0.2) is 47.1 Å². The van der Waals surface area contributed by atoms with Gasteiger partial charge in [-0.2, -0.15) is 0 Å². The third-order valence-corrected chi connectivity index (χ3v) is 5.88. The Labute approximate surface area is 169 Å². The van der Waals surface area contributed by atoms with Gasteiger partial charge >= 0.3 is 6.03 Å². The molecule has 2 aromatic rings. The van der Waals surface area contributed by atoms with E-state index in [0.717, 1.165) is 24.4 Å². The van der Waals surface area contributed by atoms with Crippen molar-refractivity contribution in [3.8, 4) is 11.5 Å². The number of anilines is 2. The van der Waals surface area contributed by atoms with Crippen LogP contribution in [0.3, 0.4) is 0 Å². The van der Waals surface area contributed by atoms with E-state index in [4.69, 9.17) is 9.47 Å². The molecule has 0 atom stereocenters. The highest BCUT2D eigenvalue weighted by atomic mass is 32.2. The summed E-state index contributed by atoms with van der Waals surface area (Å²) < 4.78 is 11.8. The summed E-state index contributed by atoms with van der Waals surface area (Å²) in [6, 6.07) is 5.00. The number of hydrogen-bond donors (Lipinski definition) is 3. The molecule has 0 spiro atoms. The minimum Gasteiger partial charge on any atom is -0.490 e. The Hall–Kier alpha value is -2.53. The Bertz CT molecular complexity index is 871. The molecule has 1 aromatic heterocycles. The largest absolute Gasteiger partial charge is 0.490 e. The number of aromatic nitrogens is 2. The summed E-state index contributed by atoms with van der Waals surface area (Å²) in [5.41, 5.74) is 0.516. The van der Waals surface area contributed by atoms with Crippen molar-refractivity contribution in [3.63, 3.8) is 0 Å². The molecule has 0 radical (unpaired) electrons. The lowest BCUT2D eigenvalue weighted by atomic mass is 10.3. The molecule has 0 saturated heterocycles. The molecule has 1 aliphatic heterocycles. The molecule has 1 aliphatic carbocycles. The number of thioether (sulfide) groups is 1. The van der Waals surface area contributed by atoms with Crippen LogP contribution in [0.1, 0.15) is 19.3 Å². The molecule has 28 heavy (non-hydrogen) atoms. The first-order valence-electron chi connectivity index (χ1n) is 8.89. The van der Waals surface area contributed by atoms with Crippen LogP contribution in [0.15, 0.2) is 22.5 Å². The summed E-state index contributed by atoms with van der Waals surface area (Å²) >= 11 is 2.65. The van der Waals surface area contributed by atoms with Gasteiger partial charge in [0.05, 0.1) is 19.0 Å². The highest BCUT2D eigenvalue weighted by Gasteiger charge is 2.22. The van der Waals surface area contributed by atoms with Crippen LogP contribution in [0, 0.1) is 0 Å². The zero-order valence-electron chi connectivity index (χ0n) is 14.9. The van der Waals surface area contributed by atoms with Crippen molar-refractivity contribution in [2.45, 2.75) is 29.6 Å². The van der Waals surface area contributed by atoms with Crippen molar-refractivity contribution in [3.05, 3.63) is 18.2 Å². The summed E-state index contributed by atoms with van der Waals surface area (Å²) in [7, 11) is 0. The first-order chi connectivity index (χ1) is 13.7. The number of nitrogens with zero attached hydrogens (tertiary/aromatic N) is 2. The van der Waals surface area contributed by atoms with Crippen LogP contribution < -0.4 is 25.4 Å². The SMILES string of the molecule is O=C(CSc1nnc(NC2CC2)s1)NC(=O)Nc1ccc2c(c1)OCCCO2. The summed E-state index contributed by atoms with van der Waals surface area (Å²) in [6.45, 7) is 1.15. The van der Waals surface area contributed by atoms with Crippen LogP contribution in [0.4, 0.5) is 15.6 Å². The van der Waals surface area contributed by atoms with Crippen molar-refractivity contribution in [1.82, 2.24) is 15.5 Å². The quantitative estimate of drug-likeness (QED) is 0.610. The number of urea groups is 1. The van der Waals surface area contributed by atoms with E-state index < -0.39 is 11.9 Å². The fourth-order valence-electron chi connectivity index (χ4n) is 2.42. The van der Waals surface area contributed by atoms with E-state index in [1.165, 1.54) is 23.1 Å². The van der Waals surface area contributed by atoms with Gasteiger partial charge in [0.2, 0.25) is 11.0 Å². The molecule has 3 N–H and O–H groups in total. The van der Waals surface area contributed by atoms with E-state index in [0.29, 0.717) is 40.8 Å². The molecule has 1 aromatic carbocycles. The van der Waals surface area contributed by atoms with Crippen LogP contribution in [0.25, 0.3) is 0 Å². The van der Waals surface area contributed by atoms with E-state index >= 15 is 0 Å². The lowest BCUT2D eigenvalue weighted by Crippen LogP contribution is -2.35. The second-order valence-corrected chi connectivity index (χ2v) is 8.49. The van der Waals surface area contributed by atoms with E-state index in [1.54, 1.807) is 18.2 Å². The number of benzene rings is 1. The van der Waals surface area contributed by atoms with Gasteiger partial charge in [0.15, 0.2) is 15.8 Å². The molecule has 2 heterocycles. The van der Waals surface area contributed by atoms with Crippen molar-refractivity contribution < 1.29 is 19.1 Å². The maximum absolute atomic E-state index is 12.0. The minimum atomic E-state index is -0.603. The molecule has 148 valence electrons. The summed E-state index contributed by atoms with van der Waals surface area (Å²) in [4.78, 5) is 24.0. The highest BCUT2D eigenvalue weighted by molar-refractivity contribution is 8.01. The van der Waals surface area contributed by atoms with Gasteiger partial charge < -0.3 is 20.1 Å². The lowest BCUT2D eigenvalue weighted by molar-refractivity contribution is -0.117.